The van der Waals surface area contributed by atoms with E-state index in [0.29, 0.717) is 5.69 Å². The first-order valence-electron chi connectivity index (χ1n) is 3.86. The lowest BCUT2D eigenvalue weighted by molar-refractivity contribution is -0.136. The molecule has 0 aliphatic rings. The molecule has 0 fully saturated rings. The third-order valence-corrected chi connectivity index (χ3v) is 1.74. The number of hydrogen-bond acceptors (Lipinski definition) is 2. The van der Waals surface area contributed by atoms with E-state index in [9.17, 15) is 9.18 Å². The van der Waals surface area contributed by atoms with Crippen molar-refractivity contribution in [1.82, 2.24) is 0 Å². The van der Waals surface area contributed by atoms with E-state index in [-0.39, 0.29) is 18.4 Å². The third kappa shape index (κ3) is 2.43. The van der Waals surface area contributed by atoms with Crippen LogP contribution in [0.1, 0.15) is 12.0 Å². The maximum absolute atomic E-state index is 13.0. The first-order chi connectivity index (χ1) is 6.11. The lowest BCUT2D eigenvalue weighted by Crippen LogP contribution is -2.02. The van der Waals surface area contributed by atoms with Crippen molar-refractivity contribution >= 4 is 11.7 Å². The normalized spacial score (nSPS) is 9.92. The molecule has 1 rings (SSSR count). The summed E-state index contributed by atoms with van der Waals surface area (Å²) in [6, 6.07) is 4.32. The predicted octanol–water partition coefficient (Wildman–Crippen LogP) is 1.43. The Balaban J connectivity index is 2.81. The van der Waals surface area contributed by atoms with Gasteiger partial charge in [-0.2, -0.15) is 0 Å². The molecule has 0 radical (unpaired) electrons. The third-order valence-electron chi connectivity index (χ3n) is 1.74. The van der Waals surface area contributed by atoms with Gasteiger partial charge in [-0.15, -0.1) is 0 Å². The van der Waals surface area contributed by atoms with E-state index in [1.807, 2.05) is 0 Å². The summed E-state index contributed by atoms with van der Waals surface area (Å²) in [5.74, 6) is -1.40. The van der Waals surface area contributed by atoms with Crippen molar-refractivity contribution < 1.29 is 14.3 Å². The Bertz CT molecular complexity index is 305. The number of hydrogen-bond donors (Lipinski definition) is 2. The molecule has 0 bridgehead atoms. The van der Waals surface area contributed by atoms with E-state index < -0.39 is 11.8 Å². The maximum Gasteiger partial charge on any atom is 0.303 e. The first kappa shape index (κ1) is 9.51. The molecule has 0 aromatic heterocycles. The van der Waals surface area contributed by atoms with Crippen LogP contribution in [0.5, 0.6) is 0 Å². The van der Waals surface area contributed by atoms with Crippen LogP contribution in [0.15, 0.2) is 18.2 Å². The van der Waals surface area contributed by atoms with Gasteiger partial charge in [-0.05, 0) is 18.6 Å². The number of nitrogen functional groups attached to an aromatic ring is 1. The van der Waals surface area contributed by atoms with Gasteiger partial charge in [-0.1, -0.05) is 6.07 Å². The molecule has 70 valence electrons. The lowest BCUT2D eigenvalue weighted by atomic mass is 10.1. The van der Waals surface area contributed by atoms with Crippen molar-refractivity contribution in [2.45, 2.75) is 12.8 Å². The number of rotatable bonds is 3. The van der Waals surface area contributed by atoms with E-state index in [1.165, 1.54) is 12.1 Å². The Kier molecular flexibility index (Phi) is 2.84. The predicted molar refractivity (Wildman–Crippen MR) is 46.8 cm³/mol. The molecule has 0 saturated heterocycles. The van der Waals surface area contributed by atoms with Crippen LogP contribution in [0, 0.1) is 5.82 Å². The van der Waals surface area contributed by atoms with E-state index in [4.69, 9.17) is 10.8 Å². The van der Waals surface area contributed by atoms with Gasteiger partial charge in [-0.3, -0.25) is 4.79 Å². The zero-order valence-electron chi connectivity index (χ0n) is 6.96. The fraction of sp³-hybridized carbons (Fsp3) is 0.222. The zero-order chi connectivity index (χ0) is 9.84. The number of halogens is 1. The molecule has 0 atom stereocenters. The summed E-state index contributed by atoms with van der Waals surface area (Å²) in [5.41, 5.74) is 6.06. The topological polar surface area (TPSA) is 63.3 Å². The minimum Gasteiger partial charge on any atom is -0.481 e. The molecule has 0 aliphatic carbocycles. The van der Waals surface area contributed by atoms with Gasteiger partial charge in [0, 0.05) is 17.7 Å². The molecule has 4 heteroatoms. The zero-order valence-corrected chi connectivity index (χ0v) is 6.96. The average Bonchev–Trinajstić information content (AvgIpc) is 2.03. The van der Waals surface area contributed by atoms with Gasteiger partial charge in [0.2, 0.25) is 0 Å². The minimum atomic E-state index is -0.956. The molecule has 1 aromatic carbocycles. The summed E-state index contributed by atoms with van der Waals surface area (Å²) in [5, 5.41) is 8.39. The second-order valence-electron chi connectivity index (χ2n) is 2.70. The van der Waals surface area contributed by atoms with E-state index in [0.717, 1.165) is 0 Å². The summed E-state index contributed by atoms with van der Waals surface area (Å²) < 4.78 is 13.0. The minimum absolute atomic E-state index is 0.106. The Morgan fingerprint density at radius 2 is 2.23 bits per heavy atom. The van der Waals surface area contributed by atoms with Gasteiger partial charge in [0.25, 0.3) is 0 Å². The van der Waals surface area contributed by atoms with E-state index in [2.05, 4.69) is 0 Å². The fourth-order valence-electron chi connectivity index (χ4n) is 1.07. The molecule has 3 N–H and O–H groups in total. The van der Waals surface area contributed by atoms with Crippen molar-refractivity contribution in [3.8, 4) is 0 Å². The Morgan fingerprint density at radius 3 is 2.77 bits per heavy atom. The van der Waals surface area contributed by atoms with Crippen molar-refractivity contribution in [3.63, 3.8) is 0 Å². The van der Waals surface area contributed by atoms with Gasteiger partial charge in [0.15, 0.2) is 0 Å². The molecule has 0 heterocycles. The summed E-state index contributed by atoms with van der Waals surface area (Å²) in [6.45, 7) is 0. The summed E-state index contributed by atoms with van der Waals surface area (Å²) >= 11 is 0. The number of nitrogens with two attached hydrogens (primary N) is 1. The maximum atomic E-state index is 13.0. The van der Waals surface area contributed by atoms with Gasteiger partial charge in [0.1, 0.15) is 5.82 Å². The molecule has 0 amide bonds. The van der Waals surface area contributed by atoms with Crippen molar-refractivity contribution in [2.75, 3.05) is 5.73 Å². The van der Waals surface area contributed by atoms with E-state index >= 15 is 0 Å². The summed E-state index contributed by atoms with van der Waals surface area (Å²) in [6.07, 6.45) is 0.0268. The van der Waals surface area contributed by atoms with Crippen molar-refractivity contribution in [3.05, 3.63) is 29.6 Å². The van der Waals surface area contributed by atoms with Gasteiger partial charge in [0.05, 0.1) is 0 Å². The quantitative estimate of drug-likeness (QED) is 0.696. The largest absolute Gasteiger partial charge is 0.481 e. The Labute approximate surface area is 75.0 Å². The van der Waals surface area contributed by atoms with Crippen LogP contribution in [-0.2, 0) is 11.2 Å². The van der Waals surface area contributed by atoms with Gasteiger partial charge in [-0.25, -0.2) is 4.39 Å². The van der Waals surface area contributed by atoms with E-state index in [1.54, 1.807) is 6.07 Å². The summed E-state index contributed by atoms with van der Waals surface area (Å²) in [4.78, 5) is 10.2. The number of carbonyl (C=O) groups is 1. The van der Waals surface area contributed by atoms with Crippen LogP contribution in [0.4, 0.5) is 10.1 Å². The van der Waals surface area contributed by atoms with Crippen LogP contribution < -0.4 is 5.73 Å². The van der Waals surface area contributed by atoms with Crippen LogP contribution in [-0.4, -0.2) is 11.1 Å². The monoisotopic (exact) mass is 183 g/mol. The molecule has 13 heavy (non-hydrogen) atoms. The van der Waals surface area contributed by atoms with Gasteiger partial charge >= 0.3 is 5.97 Å². The molecule has 0 aliphatic heterocycles. The molecule has 0 unspecified atom stereocenters. The molecule has 0 spiro atoms. The van der Waals surface area contributed by atoms with Crippen molar-refractivity contribution in [1.29, 1.82) is 0 Å². The number of aliphatic carboxylic acids is 1. The summed E-state index contributed by atoms with van der Waals surface area (Å²) in [7, 11) is 0. The number of carboxylic acid groups (broad SMARTS) is 1. The average molecular weight is 183 g/mol. The highest BCUT2D eigenvalue weighted by Crippen LogP contribution is 2.17. The van der Waals surface area contributed by atoms with Crippen LogP contribution in [0.25, 0.3) is 0 Å². The van der Waals surface area contributed by atoms with Crippen LogP contribution >= 0.6 is 0 Å². The second kappa shape index (κ2) is 3.89. The molecular formula is C9H10FNO2. The number of carboxylic acids is 1. The standard InChI is InChI=1S/C9H10FNO2/c10-7-2-1-3-8(11)6(7)4-5-9(12)13/h1-3H,4-5,11H2,(H,12,13). The number of benzene rings is 1. The smallest absolute Gasteiger partial charge is 0.303 e. The Morgan fingerprint density at radius 1 is 1.54 bits per heavy atom. The second-order valence-corrected chi connectivity index (χ2v) is 2.70. The van der Waals surface area contributed by atoms with Gasteiger partial charge < -0.3 is 10.8 Å². The SMILES string of the molecule is Nc1cccc(F)c1CCC(=O)O. The van der Waals surface area contributed by atoms with Crippen LogP contribution in [0.2, 0.25) is 0 Å². The lowest BCUT2D eigenvalue weighted by Gasteiger charge is -2.04. The molecule has 0 saturated carbocycles. The highest BCUT2D eigenvalue weighted by atomic mass is 19.1. The van der Waals surface area contributed by atoms with Crippen molar-refractivity contribution in [2.24, 2.45) is 0 Å². The first-order valence-corrected chi connectivity index (χ1v) is 3.86. The Hall–Kier alpha value is -1.58. The highest BCUT2D eigenvalue weighted by molar-refractivity contribution is 5.67. The fourth-order valence-corrected chi connectivity index (χ4v) is 1.07. The molecule has 3 nitrogen and oxygen atoms in total. The van der Waals surface area contributed by atoms with Crippen LogP contribution in [0.3, 0.4) is 0 Å². The molecule has 1 aromatic rings. The number of anilines is 1. The highest BCUT2D eigenvalue weighted by Gasteiger charge is 2.07. The molecular weight excluding hydrogens is 173 g/mol.